The van der Waals surface area contributed by atoms with Crippen LogP contribution in [0.25, 0.3) is 0 Å². The lowest BCUT2D eigenvalue weighted by molar-refractivity contribution is -0.137. The van der Waals surface area contributed by atoms with Crippen LogP contribution >= 0.6 is 0 Å². The number of carbonyl (C=O) groups excluding carboxylic acids is 1. The zero-order chi connectivity index (χ0) is 15.8. The van der Waals surface area contributed by atoms with E-state index in [0.717, 1.165) is 19.3 Å². The molecule has 0 aromatic rings. The Hall–Kier alpha value is -1.06. The highest BCUT2D eigenvalue weighted by molar-refractivity contribution is 5.75. The lowest BCUT2D eigenvalue weighted by Crippen LogP contribution is -2.24. The van der Waals surface area contributed by atoms with Crippen molar-refractivity contribution in [2.45, 2.75) is 90.4 Å². The number of nitrogens with one attached hydrogen (secondary N) is 1. The van der Waals surface area contributed by atoms with Gasteiger partial charge in [0.1, 0.15) is 0 Å². The van der Waals surface area contributed by atoms with E-state index in [2.05, 4.69) is 12.2 Å². The van der Waals surface area contributed by atoms with Crippen molar-refractivity contribution in [2.75, 3.05) is 6.54 Å². The van der Waals surface area contributed by atoms with Crippen LogP contribution in [0.1, 0.15) is 90.4 Å². The summed E-state index contributed by atoms with van der Waals surface area (Å²) >= 11 is 0. The second kappa shape index (κ2) is 15.3. The van der Waals surface area contributed by atoms with E-state index < -0.39 is 5.97 Å². The Balaban J connectivity index is 3.17. The van der Waals surface area contributed by atoms with Crippen molar-refractivity contribution in [1.82, 2.24) is 5.32 Å². The minimum atomic E-state index is -0.768. The van der Waals surface area contributed by atoms with E-state index in [9.17, 15) is 9.59 Å². The standard InChI is InChI=1S/C17H33NO3/c1-2-3-4-5-6-7-8-9-10-13-16(19)18-15-12-11-14-17(20)21/h2-15H2,1H3,(H,18,19)(H,20,21). The highest BCUT2D eigenvalue weighted by Gasteiger charge is 2.01. The normalized spacial score (nSPS) is 10.5. The van der Waals surface area contributed by atoms with E-state index >= 15 is 0 Å². The van der Waals surface area contributed by atoms with Crippen LogP contribution in [-0.2, 0) is 9.59 Å². The van der Waals surface area contributed by atoms with Crippen LogP contribution in [0.3, 0.4) is 0 Å². The fourth-order valence-corrected chi connectivity index (χ4v) is 2.31. The fourth-order valence-electron chi connectivity index (χ4n) is 2.31. The second-order valence-electron chi connectivity index (χ2n) is 5.78. The van der Waals surface area contributed by atoms with Crippen LogP contribution < -0.4 is 5.32 Å². The molecule has 124 valence electrons. The van der Waals surface area contributed by atoms with Crippen LogP contribution in [0.4, 0.5) is 0 Å². The van der Waals surface area contributed by atoms with Crippen molar-refractivity contribution in [3.8, 4) is 0 Å². The Morgan fingerprint density at radius 1 is 0.762 bits per heavy atom. The van der Waals surface area contributed by atoms with Gasteiger partial charge in [-0.25, -0.2) is 0 Å². The summed E-state index contributed by atoms with van der Waals surface area (Å²) in [5, 5.41) is 11.3. The summed E-state index contributed by atoms with van der Waals surface area (Å²) in [7, 11) is 0. The molecule has 0 heterocycles. The van der Waals surface area contributed by atoms with Gasteiger partial charge in [-0.05, 0) is 19.3 Å². The lowest BCUT2D eigenvalue weighted by Gasteiger charge is -2.05. The first kappa shape index (κ1) is 19.9. The average molecular weight is 299 g/mol. The third-order valence-electron chi connectivity index (χ3n) is 3.65. The van der Waals surface area contributed by atoms with E-state index in [1.165, 1.54) is 44.9 Å². The number of hydrogen-bond donors (Lipinski definition) is 2. The molecular weight excluding hydrogens is 266 g/mol. The van der Waals surface area contributed by atoms with E-state index in [-0.39, 0.29) is 12.3 Å². The maximum atomic E-state index is 11.5. The second-order valence-corrected chi connectivity index (χ2v) is 5.78. The van der Waals surface area contributed by atoms with E-state index in [4.69, 9.17) is 5.11 Å². The summed E-state index contributed by atoms with van der Waals surface area (Å²) in [6.07, 6.45) is 13.5. The van der Waals surface area contributed by atoms with Gasteiger partial charge in [0.05, 0.1) is 0 Å². The van der Waals surface area contributed by atoms with Crippen LogP contribution in [0, 0.1) is 0 Å². The fraction of sp³-hybridized carbons (Fsp3) is 0.882. The third kappa shape index (κ3) is 16.9. The molecular formula is C17H33NO3. The molecule has 0 rings (SSSR count). The summed E-state index contributed by atoms with van der Waals surface area (Å²) in [6.45, 7) is 2.83. The van der Waals surface area contributed by atoms with Gasteiger partial charge in [0.15, 0.2) is 0 Å². The van der Waals surface area contributed by atoms with Gasteiger partial charge in [-0.2, -0.15) is 0 Å². The van der Waals surface area contributed by atoms with E-state index in [1.807, 2.05) is 0 Å². The molecule has 0 saturated carbocycles. The summed E-state index contributed by atoms with van der Waals surface area (Å²) in [5.41, 5.74) is 0. The molecule has 0 unspecified atom stereocenters. The molecule has 4 nitrogen and oxygen atoms in total. The Labute approximate surface area is 129 Å². The summed E-state index contributed by atoms with van der Waals surface area (Å²) in [4.78, 5) is 21.8. The molecule has 4 heteroatoms. The molecule has 1 amide bonds. The van der Waals surface area contributed by atoms with Gasteiger partial charge < -0.3 is 10.4 Å². The van der Waals surface area contributed by atoms with Gasteiger partial charge in [0, 0.05) is 19.4 Å². The average Bonchev–Trinajstić information content (AvgIpc) is 2.45. The Morgan fingerprint density at radius 3 is 1.86 bits per heavy atom. The first-order valence-corrected chi connectivity index (χ1v) is 8.65. The SMILES string of the molecule is CCCCCCCCCCCC(=O)NCCCCC(=O)O. The number of aliphatic carboxylic acids is 1. The maximum Gasteiger partial charge on any atom is 0.303 e. The predicted molar refractivity (Wildman–Crippen MR) is 86.3 cm³/mol. The van der Waals surface area contributed by atoms with Crippen molar-refractivity contribution < 1.29 is 14.7 Å². The minimum absolute atomic E-state index is 0.105. The minimum Gasteiger partial charge on any atom is -0.481 e. The number of carboxylic acid groups (broad SMARTS) is 1. The summed E-state index contributed by atoms with van der Waals surface area (Å²) in [5.74, 6) is -0.663. The van der Waals surface area contributed by atoms with Gasteiger partial charge in [0.25, 0.3) is 0 Å². The quantitative estimate of drug-likeness (QED) is 0.444. The van der Waals surface area contributed by atoms with Crippen LogP contribution in [0.5, 0.6) is 0 Å². The predicted octanol–water partition coefficient (Wildman–Crippen LogP) is 4.28. The van der Waals surface area contributed by atoms with Gasteiger partial charge in [-0.1, -0.05) is 58.3 Å². The van der Waals surface area contributed by atoms with Crippen molar-refractivity contribution in [2.24, 2.45) is 0 Å². The number of carbonyl (C=O) groups is 2. The lowest BCUT2D eigenvalue weighted by atomic mass is 10.1. The van der Waals surface area contributed by atoms with Crippen molar-refractivity contribution in [3.63, 3.8) is 0 Å². The molecule has 0 aliphatic rings. The molecule has 0 aromatic carbocycles. The van der Waals surface area contributed by atoms with E-state index in [0.29, 0.717) is 19.4 Å². The Bertz CT molecular complexity index is 267. The highest BCUT2D eigenvalue weighted by Crippen LogP contribution is 2.10. The van der Waals surface area contributed by atoms with Gasteiger partial charge in [-0.3, -0.25) is 9.59 Å². The maximum absolute atomic E-state index is 11.5. The summed E-state index contributed by atoms with van der Waals surface area (Å²) < 4.78 is 0. The number of carboxylic acids is 1. The number of unbranched alkanes of at least 4 members (excludes halogenated alkanes) is 9. The summed E-state index contributed by atoms with van der Waals surface area (Å²) in [6, 6.07) is 0. The molecule has 0 aromatic heterocycles. The van der Waals surface area contributed by atoms with Gasteiger partial charge in [-0.15, -0.1) is 0 Å². The van der Waals surface area contributed by atoms with Crippen molar-refractivity contribution in [3.05, 3.63) is 0 Å². The highest BCUT2D eigenvalue weighted by atomic mass is 16.4. The third-order valence-corrected chi connectivity index (χ3v) is 3.65. The zero-order valence-electron chi connectivity index (χ0n) is 13.7. The topological polar surface area (TPSA) is 66.4 Å². The van der Waals surface area contributed by atoms with Crippen LogP contribution in [-0.4, -0.2) is 23.5 Å². The zero-order valence-corrected chi connectivity index (χ0v) is 13.7. The van der Waals surface area contributed by atoms with Crippen molar-refractivity contribution >= 4 is 11.9 Å². The first-order chi connectivity index (χ1) is 10.2. The molecule has 0 atom stereocenters. The molecule has 21 heavy (non-hydrogen) atoms. The largest absolute Gasteiger partial charge is 0.481 e. The molecule has 2 N–H and O–H groups in total. The van der Waals surface area contributed by atoms with Crippen LogP contribution in [0.2, 0.25) is 0 Å². The Kier molecular flexibility index (Phi) is 14.6. The molecule has 0 aliphatic carbocycles. The molecule has 0 saturated heterocycles. The Morgan fingerprint density at radius 2 is 1.29 bits per heavy atom. The number of hydrogen-bond acceptors (Lipinski definition) is 2. The number of rotatable bonds is 15. The smallest absolute Gasteiger partial charge is 0.303 e. The van der Waals surface area contributed by atoms with Crippen LogP contribution in [0.15, 0.2) is 0 Å². The molecule has 0 radical (unpaired) electrons. The van der Waals surface area contributed by atoms with Gasteiger partial charge >= 0.3 is 5.97 Å². The first-order valence-electron chi connectivity index (χ1n) is 8.65. The molecule has 0 fully saturated rings. The monoisotopic (exact) mass is 299 g/mol. The molecule has 0 aliphatic heterocycles. The van der Waals surface area contributed by atoms with E-state index in [1.54, 1.807) is 0 Å². The molecule has 0 spiro atoms. The number of amides is 1. The van der Waals surface area contributed by atoms with Crippen molar-refractivity contribution in [1.29, 1.82) is 0 Å². The van der Waals surface area contributed by atoms with Gasteiger partial charge in [0.2, 0.25) is 5.91 Å². The molecule has 0 bridgehead atoms.